The molecule has 0 fully saturated rings. The lowest BCUT2D eigenvalue weighted by molar-refractivity contribution is 0.290. The number of hydrogen-bond acceptors (Lipinski definition) is 6. The van der Waals surface area contributed by atoms with Crippen LogP contribution in [0.5, 0.6) is 5.88 Å². The second kappa shape index (κ2) is 8.85. The molecule has 1 aliphatic heterocycles. The molecule has 32 heavy (non-hydrogen) atoms. The monoisotopic (exact) mass is 423 g/mol. The predicted octanol–water partition coefficient (Wildman–Crippen LogP) is 4.91. The summed E-state index contributed by atoms with van der Waals surface area (Å²) in [6.45, 7) is 6.21. The Kier molecular flexibility index (Phi) is 5.60. The van der Waals surface area contributed by atoms with Crippen molar-refractivity contribution in [3.63, 3.8) is 0 Å². The molecule has 0 aliphatic carbocycles. The van der Waals surface area contributed by atoms with Crippen molar-refractivity contribution in [2.45, 2.75) is 39.5 Å². The third kappa shape index (κ3) is 4.09. The lowest BCUT2D eigenvalue weighted by atomic mass is 9.97. The summed E-state index contributed by atoms with van der Waals surface area (Å²) in [4.78, 5) is 18.6. The molecule has 0 radical (unpaired) electrons. The zero-order chi connectivity index (χ0) is 21.9. The molecular weight excluding hydrogens is 398 g/mol. The maximum absolute atomic E-state index is 6.20. The third-order valence-corrected chi connectivity index (χ3v) is 5.60. The van der Waals surface area contributed by atoms with Crippen molar-refractivity contribution in [3.05, 3.63) is 89.4 Å². The maximum Gasteiger partial charge on any atom is 0.222 e. The second-order valence-electron chi connectivity index (χ2n) is 8.18. The van der Waals surface area contributed by atoms with Gasteiger partial charge in [0.05, 0.1) is 22.6 Å². The van der Waals surface area contributed by atoms with Crippen LogP contribution in [0.1, 0.15) is 42.1 Å². The maximum atomic E-state index is 6.20. The van der Waals surface area contributed by atoms with E-state index in [-0.39, 0.29) is 0 Å². The van der Waals surface area contributed by atoms with E-state index in [4.69, 9.17) is 14.7 Å². The molecule has 4 heterocycles. The number of ether oxygens (including phenoxy) is 1. The van der Waals surface area contributed by atoms with Crippen LogP contribution in [0.4, 0.5) is 0 Å². The first-order chi connectivity index (χ1) is 15.7. The molecule has 160 valence electrons. The van der Waals surface area contributed by atoms with Gasteiger partial charge in [0.2, 0.25) is 5.88 Å². The number of hydrogen-bond donors (Lipinski definition) is 1. The molecule has 0 saturated heterocycles. The number of rotatable bonds is 6. The first kappa shape index (κ1) is 20.3. The molecular formula is C26H25N5O. The molecule has 0 bridgehead atoms. The molecule has 6 heteroatoms. The fraction of sp³-hybridized carbons (Fsp3) is 0.231. The normalized spacial score (nSPS) is 12.7. The van der Waals surface area contributed by atoms with Gasteiger partial charge in [-0.1, -0.05) is 50.2 Å². The van der Waals surface area contributed by atoms with Crippen LogP contribution in [0.2, 0.25) is 0 Å². The van der Waals surface area contributed by atoms with Crippen molar-refractivity contribution >= 4 is 0 Å². The minimum atomic E-state index is 0.384. The standard InChI is InChI=1S/C26H25N5O/c1-17(2)19-7-3-4-8-20(19)25-30-24-15-27-14-21(24)26(31-25)32-16-18-10-11-23(29-13-18)22-9-5-6-12-28-22/h3-13,17,27H,14-16H2,1-2H3. The average Bonchev–Trinajstić information content (AvgIpc) is 3.32. The van der Waals surface area contributed by atoms with Crippen molar-refractivity contribution in [1.29, 1.82) is 0 Å². The van der Waals surface area contributed by atoms with Crippen molar-refractivity contribution < 1.29 is 4.74 Å². The van der Waals surface area contributed by atoms with Crippen LogP contribution in [0, 0.1) is 0 Å². The van der Waals surface area contributed by atoms with E-state index >= 15 is 0 Å². The summed E-state index contributed by atoms with van der Waals surface area (Å²) in [6, 6.07) is 18.1. The molecule has 1 aromatic carbocycles. The van der Waals surface area contributed by atoms with E-state index in [9.17, 15) is 0 Å². The van der Waals surface area contributed by atoms with Gasteiger partial charge in [-0.3, -0.25) is 9.97 Å². The second-order valence-corrected chi connectivity index (χ2v) is 8.18. The highest BCUT2D eigenvalue weighted by Crippen LogP contribution is 2.31. The van der Waals surface area contributed by atoms with Gasteiger partial charge in [0.1, 0.15) is 6.61 Å². The highest BCUT2D eigenvalue weighted by Gasteiger charge is 2.22. The summed E-state index contributed by atoms with van der Waals surface area (Å²) in [5, 5.41) is 3.37. The Morgan fingerprint density at radius 1 is 0.906 bits per heavy atom. The van der Waals surface area contributed by atoms with Crippen LogP contribution < -0.4 is 10.1 Å². The van der Waals surface area contributed by atoms with Gasteiger partial charge in [0, 0.05) is 36.6 Å². The first-order valence-corrected chi connectivity index (χ1v) is 10.9. The Hall–Kier alpha value is -3.64. The van der Waals surface area contributed by atoms with Crippen molar-refractivity contribution in [2.24, 2.45) is 0 Å². The molecule has 0 atom stereocenters. The summed E-state index contributed by atoms with van der Waals surface area (Å²) >= 11 is 0. The number of pyridine rings is 2. The van der Waals surface area contributed by atoms with Gasteiger partial charge in [-0.25, -0.2) is 4.98 Å². The first-order valence-electron chi connectivity index (χ1n) is 10.9. The fourth-order valence-electron chi connectivity index (χ4n) is 3.91. The van der Waals surface area contributed by atoms with Gasteiger partial charge >= 0.3 is 0 Å². The van der Waals surface area contributed by atoms with E-state index in [1.165, 1.54) is 5.56 Å². The van der Waals surface area contributed by atoms with Crippen LogP contribution in [0.3, 0.4) is 0 Å². The molecule has 0 amide bonds. The SMILES string of the molecule is CC(C)c1ccccc1-c1nc2c(c(OCc3ccc(-c4ccccn4)nc3)n1)CNC2. The molecule has 0 unspecified atom stereocenters. The van der Waals surface area contributed by atoms with E-state index in [1.54, 1.807) is 6.20 Å². The molecule has 6 nitrogen and oxygen atoms in total. The van der Waals surface area contributed by atoms with Gasteiger partial charge in [-0.15, -0.1) is 0 Å². The Bertz CT molecular complexity index is 1220. The van der Waals surface area contributed by atoms with Crippen LogP contribution in [0.25, 0.3) is 22.8 Å². The molecule has 3 aromatic heterocycles. The quantitative estimate of drug-likeness (QED) is 0.475. The Morgan fingerprint density at radius 2 is 1.75 bits per heavy atom. The highest BCUT2D eigenvalue weighted by atomic mass is 16.5. The fourth-order valence-corrected chi connectivity index (χ4v) is 3.91. The van der Waals surface area contributed by atoms with Gasteiger partial charge in [-0.05, 0) is 29.7 Å². The van der Waals surface area contributed by atoms with E-state index in [1.807, 2.05) is 42.6 Å². The topological polar surface area (TPSA) is 72.8 Å². The van der Waals surface area contributed by atoms with E-state index < -0.39 is 0 Å². The van der Waals surface area contributed by atoms with Gasteiger partial charge in [0.15, 0.2) is 5.82 Å². The minimum absolute atomic E-state index is 0.384. The summed E-state index contributed by atoms with van der Waals surface area (Å²) in [6.07, 6.45) is 3.60. The Labute approximate surface area is 187 Å². The summed E-state index contributed by atoms with van der Waals surface area (Å²) in [7, 11) is 0. The molecule has 0 spiro atoms. The number of fused-ring (bicyclic) bond motifs is 1. The van der Waals surface area contributed by atoms with Crippen molar-refractivity contribution in [3.8, 4) is 28.7 Å². The summed E-state index contributed by atoms with van der Waals surface area (Å²) in [5.74, 6) is 1.74. The lowest BCUT2D eigenvalue weighted by Crippen LogP contribution is -2.06. The molecule has 4 aromatic rings. The summed E-state index contributed by atoms with van der Waals surface area (Å²) < 4.78 is 6.20. The van der Waals surface area contributed by atoms with E-state index in [0.29, 0.717) is 24.9 Å². The number of nitrogens with one attached hydrogen (secondary N) is 1. The predicted molar refractivity (Wildman–Crippen MR) is 124 cm³/mol. The van der Waals surface area contributed by atoms with Crippen molar-refractivity contribution in [2.75, 3.05) is 0 Å². The zero-order valence-electron chi connectivity index (χ0n) is 18.2. The molecule has 5 rings (SSSR count). The number of benzene rings is 1. The van der Waals surface area contributed by atoms with Gasteiger partial charge < -0.3 is 10.1 Å². The molecule has 0 saturated carbocycles. The van der Waals surface area contributed by atoms with Crippen LogP contribution >= 0.6 is 0 Å². The largest absolute Gasteiger partial charge is 0.472 e. The average molecular weight is 424 g/mol. The third-order valence-electron chi connectivity index (χ3n) is 5.60. The van der Waals surface area contributed by atoms with E-state index in [0.717, 1.165) is 46.1 Å². The number of nitrogens with zero attached hydrogens (tertiary/aromatic N) is 4. The Balaban J connectivity index is 1.41. The van der Waals surface area contributed by atoms with Gasteiger partial charge in [0.25, 0.3) is 0 Å². The minimum Gasteiger partial charge on any atom is -0.472 e. The Morgan fingerprint density at radius 3 is 2.53 bits per heavy atom. The van der Waals surface area contributed by atoms with Crippen LogP contribution in [-0.4, -0.2) is 19.9 Å². The molecule has 1 N–H and O–H groups in total. The highest BCUT2D eigenvalue weighted by molar-refractivity contribution is 5.62. The van der Waals surface area contributed by atoms with Gasteiger partial charge in [-0.2, -0.15) is 4.98 Å². The number of aromatic nitrogens is 4. The summed E-state index contributed by atoms with van der Waals surface area (Å²) in [5.41, 5.74) is 7.01. The van der Waals surface area contributed by atoms with Crippen LogP contribution in [-0.2, 0) is 19.7 Å². The van der Waals surface area contributed by atoms with Crippen molar-refractivity contribution in [1.82, 2.24) is 25.3 Å². The van der Waals surface area contributed by atoms with Crippen LogP contribution in [0.15, 0.2) is 67.0 Å². The molecule has 1 aliphatic rings. The smallest absolute Gasteiger partial charge is 0.222 e. The lowest BCUT2D eigenvalue weighted by Gasteiger charge is -2.15. The van der Waals surface area contributed by atoms with E-state index in [2.05, 4.69) is 47.3 Å². The zero-order valence-corrected chi connectivity index (χ0v) is 18.2.